The van der Waals surface area contributed by atoms with Crippen molar-refractivity contribution < 1.29 is 25.8 Å². The minimum absolute atomic E-state index is 0.0324. The number of halogens is 3. The van der Waals surface area contributed by atoms with E-state index in [1.54, 1.807) is 0 Å². The third kappa shape index (κ3) is 3.06. The molecule has 11 heavy (non-hydrogen) atoms. The van der Waals surface area contributed by atoms with Gasteiger partial charge in [0.15, 0.2) is 0 Å². The molecule has 0 rings (SSSR count). The van der Waals surface area contributed by atoms with E-state index in [0.29, 0.717) is 0 Å². The van der Waals surface area contributed by atoms with Crippen molar-refractivity contribution in [2.75, 3.05) is 6.61 Å². The van der Waals surface area contributed by atoms with E-state index in [1.807, 2.05) is 0 Å². The van der Waals surface area contributed by atoms with E-state index >= 15 is 0 Å². The Labute approximate surface area is 62.3 Å². The van der Waals surface area contributed by atoms with Crippen molar-refractivity contribution in [1.29, 1.82) is 0 Å². The van der Waals surface area contributed by atoms with Crippen LogP contribution in [0.1, 0.15) is 6.42 Å². The highest BCUT2D eigenvalue weighted by atomic mass is 32.2. The van der Waals surface area contributed by atoms with Gasteiger partial charge in [0, 0.05) is 0 Å². The highest BCUT2D eigenvalue weighted by molar-refractivity contribution is 7.87. The Bertz CT molecular complexity index is 205. The molecule has 0 aliphatic carbocycles. The van der Waals surface area contributed by atoms with Gasteiger partial charge in [-0.25, -0.2) is 0 Å². The van der Waals surface area contributed by atoms with E-state index in [1.165, 1.54) is 0 Å². The van der Waals surface area contributed by atoms with Gasteiger partial charge in [0.1, 0.15) is 0 Å². The van der Waals surface area contributed by atoms with E-state index in [4.69, 9.17) is 0 Å². The molecule has 0 N–H and O–H groups in total. The molecule has 0 fully saturated rings. The lowest BCUT2D eigenvalue weighted by molar-refractivity contribution is -0.0541. The zero-order valence-electron chi connectivity index (χ0n) is 5.39. The van der Waals surface area contributed by atoms with E-state index < -0.39 is 22.2 Å². The normalized spacial score (nSPS) is 13.5. The second kappa shape index (κ2) is 3.40. The van der Waals surface area contributed by atoms with E-state index in [-0.39, 0.29) is 6.42 Å². The van der Waals surface area contributed by atoms with Crippen LogP contribution in [0.2, 0.25) is 0 Å². The lowest BCUT2D eigenvalue weighted by Crippen LogP contribution is -2.25. The van der Waals surface area contributed by atoms with Crippen LogP contribution in [0.4, 0.5) is 13.2 Å². The van der Waals surface area contributed by atoms with Crippen LogP contribution >= 0.6 is 0 Å². The number of rotatable bonds is 3. The maximum atomic E-state index is 11.4. The number of hydrogen-bond donors (Lipinski definition) is 0. The molecule has 0 aromatic carbocycles. The molecular weight excluding hydrogens is 185 g/mol. The fourth-order valence-corrected chi connectivity index (χ4v) is 0.706. The van der Waals surface area contributed by atoms with E-state index in [9.17, 15) is 21.6 Å². The molecule has 0 saturated heterocycles. The minimum Gasteiger partial charge on any atom is -0.263 e. The van der Waals surface area contributed by atoms with Crippen molar-refractivity contribution >= 4 is 10.1 Å². The zero-order valence-corrected chi connectivity index (χ0v) is 6.20. The van der Waals surface area contributed by atoms with Crippen LogP contribution in [0.15, 0.2) is 0 Å². The van der Waals surface area contributed by atoms with Gasteiger partial charge < -0.3 is 0 Å². The molecule has 0 saturated carbocycles. The number of alkyl halides is 3. The second-order valence-electron chi connectivity index (χ2n) is 1.58. The maximum Gasteiger partial charge on any atom is 0.523 e. The molecule has 3 nitrogen and oxygen atoms in total. The summed E-state index contributed by atoms with van der Waals surface area (Å²) < 4.78 is 57.9. The van der Waals surface area contributed by atoms with Crippen LogP contribution in [-0.4, -0.2) is 20.5 Å². The van der Waals surface area contributed by atoms with Crippen molar-refractivity contribution in [3.05, 3.63) is 6.92 Å². The van der Waals surface area contributed by atoms with Crippen molar-refractivity contribution in [3.8, 4) is 0 Å². The van der Waals surface area contributed by atoms with Gasteiger partial charge in [0.2, 0.25) is 0 Å². The lowest BCUT2D eigenvalue weighted by atomic mass is 10.5. The first-order valence-electron chi connectivity index (χ1n) is 2.56. The van der Waals surface area contributed by atoms with Gasteiger partial charge in [0.25, 0.3) is 0 Å². The first-order valence-corrected chi connectivity index (χ1v) is 3.97. The molecule has 0 spiro atoms. The van der Waals surface area contributed by atoms with Gasteiger partial charge in [0.05, 0.1) is 6.61 Å². The summed E-state index contributed by atoms with van der Waals surface area (Å²) in [4.78, 5) is 0. The van der Waals surface area contributed by atoms with Crippen LogP contribution < -0.4 is 0 Å². The first kappa shape index (κ1) is 10.7. The van der Waals surface area contributed by atoms with Gasteiger partial charge in [-0.2, -0.15) is 21.6 Å². The van der Waals surface area contributed by atoms with E-state index in [2.05, 4.69) is 11.1 Å². The molecule has 0 aromatic heterocycles. The average molecular weight is 191 g/mol. The van der Waals surface area contributed by atoms with Gasteiger partial charge in [-0.1, -0.05) is 6.92 Å². The van der Waals surface area contributed by atoms with Crippen LogP contribution in [-0.2, 0) is 14.3 Å². The summed E-state index contributed by atoms with van der Waals surface area (Å²) >= 11 is 0. The smallest absolute Gasteiger partial charge is 0.263 e. The zero-order chi connectivity index (χ0) is 9.12. The summed E-state index contributed by atoms with van der Waals surface area (Å²) in [6, 6.07) is 0. The third-order valence-corrected chi connectivity index (χ3v) is 1.71. The van der Waals surface area contributed by atoms with Gasteiger partial charge in [-0.05, 0) is 6.42 Å². The molecule has 0 aliphatic rings. The molecule has 0 atom stereocenters. The van der Waals surface area contributed by atoms with Gasteiger partial charge in [-0.3, -0.25) is 4.18 Å². The average Bonchev–Trinajstić information content (AvgIpc) is 1.81. The predicted molar refractivity (Wildman–Crippen MR) is 30.9 cm³/mol. The molecule has 1 radical (unpaired) electrons. The Balaban J connectivity index is 4.26. The highest BCUT2D eigenvalue weighted by Crippen LogP contribution is 2.24. The Kier molecular flexibility index (Phi) is 3.30. The summed E-state index contributed by atoms with van der Waals surface area (Å²) in [6.07, 6.45) is -0.0324. The quantitative estimate of drug-likeness (QED) is 0.495. The molecule has 0 aromatic rings. The Morgan fingerprint density at radius 1 is 1.36 bits per heavy atom. The Hall–Kier alpha value is -0.300. The molecule has 67 valence electrons. The topological polar surface area (TPSA) is 43.4 Å². The van der Waals surface area contributed by atoms with Crippen molar-refractivity contribution in [1.82, 2.24) is 0 Å². The molecule has 0 amide bonds. The Morgan fingerprint density at radius 3 is 2.09 bits per heavy atom. The second-order valence-corrected chi connectivity index (χ2v) is 3.18. The fraction of sp³-hybridized carbons (Fsp3) is 0.750. The van der Waals surface area contributed by atoms with Crippen LogP contribution in [0, 0.1) is 6.92 Å². The fourth-order valence-electron chi connectivity index (χ4n) is 0.235. The first-order chi connectivity index (χ1) is 4.81. The Morgan fingerprint density at radius 2 is 1.82 bits per heavy atom. The minimum atomic E-state index is -5.40. The summed E-state index contributed by atoms with van der Waals surface area (Å²) in [5.74, 6) is 0. The molecule has 7 heteroatoms. The van der Waals surface area contributed by atoms with Crippen LogP contribution in [0.25, 0.3) is 0 Å². The standard InChI is InChI=1S/C4H6F3O3S/c1-2-3-10-11(8,9)4(5,6)7/h1-3H2. The summed E-state index contributed by atoms with van der Waals surface area (Å²) in [7, 11) is -5.40. The predicted octanol–water partition coefficient (Wildman–Crippen LogP) is 1.08. The van der Waals surface area contributed by atoms with Crippen molar-refractivity contribution in [3.63, 3.8) is 0 Å². The highest BCUT2D eigenvalue weighted by Gasteiger charge is 2.47. The largest absolute Gasteiger partial charge is 0.523 e. The monoisotopic (exact) mass is 191 g/mol. The van der Waals surface area contributed by atoms with Crippen LogP contribution in [0.5, 0.6) is 0 Å². The lowest BCUT2D eigenvalue weighted by Gasteiger charge is -2.06. The maximum absolute atomic E-state index is 11.4. The van der Waals surface area contributed by atoms with E-state index in [0.717, 1.165) is 0 Å². The van der Waals surface area contributed by atoms with Crippen LogP contribution in [0.3, 0.4) is 0 Å². The molecule has 0 heterocycles. The summed E-state index contributed by atoms with van der Waals surface area (Å²) in [5, 5.41) is 0. The van der Waals surface area contributed by atoms with Crippen molar-refractivity contribution in [2.45, 2.75) is 11.9 Å². The molecule has 0 bridgehead atoms. The molecule has 0 aliphatic heterocycles. The number of hydrogen-bond acceptors (Lipinski definition) is 3. The third-order valence-electron chi connectivity index (χ3n) is 0.666. The molecular formula is C4H6F3O3S. The van der Waals surface area contributed by atoms with Gasteiger partial charge >= 0.3 is 15.6 Å². The summed E-state index contributed by atoms with van der Waals surface area (Å²) in [5.41, 5.74) is -5.33. The molecule has 0 unspecified atom stereocenters. The summed E-state index contributed by atoms with van der Waals surface area (Å²) in [6.45, 7) is 2.56. The van der Waals surface area contributed by atoms with Crippen molar-refractivity contribution in [2.24, 2.45) is 0 Å². The van der Waals surface area contributed by atoms with Gasteiger partial charge in [-0.15, -0.1) is 0 Å². The SMILES string of the molecule is [CH2]CCOS(=O)(=O)C(F)(F)F.